The Morgan fingerprint density at radius 3 is 2.39 bits per heavy atom. The highest BCUT2D eigenvalue weighted by atomic mass is 16.5. The number of esters is 1. The molecule has 0 spiro atoms. The fourth-order valence-corrected chi connectivity index (χ4v) is 3.60. The Bertz CT molecular complexity index is 541. The molecule has 1 fully saturated rings. The highest BCUT2D eigenvalue weighted by Crippen LogP contribution is 2.39. The van der Waals surface area contributed by atoms with Crippen molar-refractivity contribution in [1.29, 1.82) is 0 Å². The van der Waals surface area contributed by atoms with Gasteiger partial charge in [0.2, 0.25) is 6.10 Å². The number of hydrogen-bond acceptors (Lipinski definition) is 3. The van der Waals surface area contributed by atoms with Gasteiger partial charge in [-0.1, -0.05) is 57.5 Å². The van der Waals surface area contributed by atoms with Gasteiger partial charge in [0.1, 0.15) is 0 Å². The van der Waals surface area contributed by atoms with Crippen molar-refractivity contribution in [2.45, 2.75) is 46.1 Å². The molecule has 4 atom stereocenters. The molecule has 0 radical (unpaired) electrons. The highest BCUT2D eigenvalue weighted by molar-refractivity contribution is 5.84. The summed E-state index contributed by atoms with van der Waals surface area (Å²) in [7, 11) is 0. The average molecular weight is 317 g/mol. The van der Waals surface area contributed by atoms with Gasteiger partial charge in [-0.3, -0.25) is 9.59 Å². The predicted octanol–water partition coefficient (Wildman–Crippen LogP) is 3.46. The zero-order valence-electron chi connectivity index (χ0n) is 14.2. The van der Waals surface area contributed by atoms with E-state index in [1.165, 1.54) is 0 Å². The van der Waals surface area contributed by atoms with Crippen molar-refractivity contribution in [3.8, 4) is 0 Å². The van der Waals surface area contributed by atoms with Crippen LogP contribution in [0.4, 0.5) is 0 Å². The molecule has 0 heterocycles. The highest BCUT2D eigenvalue weighted by Gasteiger charge is 2.38. The van der Waals surface area contributed by atoms with Crippen LogP contribution in [0.5, 0.6) is 0 Å². The Kier molecular flexibility index (Phi) is 5.80. The second-order valence-electron chi connectivity index (χ2n) is 7.06. The number of nitrogens with two attached hydrogens (primary N) is 1. The third-order valence-electron chi connectivity index (χ3n) is 4.92. The van der Waals surface area contributed by atoms with Crippen LogP contribution >= 0.6 is 0 Å². The van der Waals surface area contributed by atoms with Crippen molar-refractivity contribution in [1.82, 2.24) is 0 Å². The molecule has 0 saturated heterocycles. The molecule has 0 aromatic heterocycles. The zero-order chi connectivity index (χ0) is 17.0. The van der Waals surface area contributed by atoms with Gasteiger partial charge in [0.25, 0.3) is 5.91 Å². The van der Waals surface area contributed by atoms with Gasteiger partial charge < -0.3 is 10.5 Å². The van der Waals surface area contributed by atoms with Crippen molar-refractivity contribution < 1.29 is 14.3 Å². The van der Waals surface area contributed by atoms with Gasteiger partial charge >= 0.3 is 5.97 Å². The summed E-state index contributed by atoms with van der Waals surface area (Å²) in [5.74, 6) is 0.167. The molecule has 23 heavy (non-hydrogen) atoms. The number of ether oxygens (including phenoxy) is 1. The van der Waals surface area contributed by atoms with E-state index < -0.39 is 12.0 Å². The second-order valence-corrected chi connectivity index (χ2v) is 7.06. The lowest BCUT2D eigenvalue weighted by atomic mass is 9.70. The fraction of sp³-hybridized carbons (Fsp3) is 0.579. The third kappa shape index (κ3) is 4.34. The van der Waals surface area contributed by atoms with Crippen LogP contribution in [0.1, 0.15) is 51.7 Å². The van der Waals surface area contributed by atoms with E-state index in [2.05, 4.69) is 20.8 Å². The number of carbonyl (C=O) groups is 2. The van der Waals surface area contributed by atoms with Crippen molar-refractivity contribution in [2.24, 2.45) is 29.4 Å². The van der Waals surface area contributed by atoms with Gasteiger partial charge in [-0.25, -0.2) is 0 Å². The van der Waals surface area contributed by atoms with E-state index in [0.717, 1.165) is 19.3 Å². The number of benzene rings is 1. The molecule has 0 aliphatic heterocycles. The molecule has 1 aliphatic rings. The minimum absolute atomic E-state index is 0.149. The molecule has 4 heteroatoms. The first-order valence-corrected chi connectivity index (χ1v) is 8.45. The fourth-order valence-electron chi connectivity index (χ4n) is 3.60. The number of hydrogen-bond donors (Lipinski definition) is 1. The normalized spacial score (nSPS) is 25.8. The maximum Gasteiger partial charge on any atom is 0.310 e. The second kappa shape index (κ2) is 7.62. The Hall–Kier alpha value is -1.84. The van der Waals surface area contributed by atoms with E-state index in [-0.39, 0.29) is 11.9 Å². The molecule has 2 rings (SSSR count). The lowest BCUT2D eigenvalue weighted by molar-refractivity contribution is -0.163. The van der Waals surface area contributed by atoms with Crippen molar-refractivity contribution in [3.05, 3.63) is 35.9 Å². The smallest absolute Gasteiger partial charge is 0.310 e. The molecule has 1 saturated carbocycles. The van der Waals surface area contributed by atoms with Crippen LogP contribution in [-0.4, -0.2) is 11.9 Å². The van der Waals surface area contributed by atoms with E-state index in [1.807, 2.05) is 6.07 Å². The van der Waals surface area contributed by atoms with Gasteiger partial charge in [0.05, 0.1) is 5.92 Å². The molecular weight excluding hydrogens is 290 g/mol. The first-order valence-electron chi connectivity index (χ1n) is 8.45. The summed E-state index contributed by atoms with van der Waals surface area (Å²) in [4.78, 5) is 24.5. The van der Waals surface area contributed by atoms with Crippen LogP contribution in [0.15, 0.2) is 30.3 Å². The summed E-state index contributed by atoms with van der Waals surface area (Å²) in [5.41, 5.74) is 6.08. The maximum atomic E-state index is 12.7. The van der Waals surface area contributed by atoms with Crippen LogP contribution < -0.4 is 5.73 Å². The van der Waals surface area contributed by atoms with E-state index in [9.17, 15) is 9.59 Å². The van der Waals surface area contributed by atoms with Crippen LogP contribution in [0, 0.1) is 23.7 Å². The summed E-state index contributed by atoms with van der Waals surface area (Å²) in [6.45, 7) is 6.45. The quantitative estimate of drug-likeness (QED) is 0.845. The lowest BCUT2D eigenvalue weighted by Gasteiger charge is -2.36. The summed E-state index contributed by atoms with van der Waals surface area (Å²) >= 11 is 0. The molecule has 1 aromatic carbocycles. The summed E-state index contributed by atoms with van der Waals surface area (Å²) in [6.07, 6.45) is 1.99. The van der Waals surface area contributed by atoms with Gasteiger partial charge in [-0.2, -0.15) is 0 Å². The van der Waals surface area contributed by atoms with E-state index in [4.69, 9.17) is 10.5 Å². The molecule has 126 valence electrons. The number of carbonyl (C=O) groups excluding carboxylic acids is 2. The standard InChI is InChI=1S/C19H27NO3/c1-12(2)15-10-9-13(3)11-16(15)19(22)23-17(18(20)21)14-7-5-4-6-8-14/h4-8,12-13,15-17H,9-11H2,1-3H3,(H2,20,21). The Labute approximate surface area is 138 Å². The largest absolute Gasteiger partial charge is 0.447 e. The van der Waals surface area contributed by atoms with Crippen molar-refractivity contribution in [3.63, 3.8) is 0 Å². The average Bonchev–Trinajstić information content (AvgIpc) is 2.52. The Balaban J connectivity index is 2.15. The molecule has 2 N–H and O–H groups in total. The van der Waals surface area contributed by atoms with Crippen LogP contribution in [0.2, 0.25) is 0 Å². The van der Waals surface area contributed by atoms with Gasteiger partial charge in [0.15, 0.2) is 0 Å². The van der Waals surface area contributed by atoms with E-state index in [0.29, 0.717) is 23.3 Å². The van der Waals surface area contributed by atoms with Gasteiger partial charge in [-0.05, 0) is 30.6 Å². The van der Waals surface area contributed by atoms with Crippen molar-refractivity contribution in [2.75, 3.05) is 0 Å². The Morgan fingerprint density at radius 2 is 1.83 bits per heavy atom. The van der Waals surface area contributed by atoms with Crippen LogP contribution in [0.25, 0.3) is 0 Å². The number of amides is 1. The molecule has 4 nitrogen and oxygen atoms in total. The molecule has 0 bridgehead atoms. The Morgan fingerprint density at radius 1 is 1.17 bits per heavy atom. The minimum atomic E-state index is -1.01. The number of rotatable bonds is 5. The van der Waals surface area contributed by atoms with Gasteiger partial charge in [0, 0.05) is 5.56 Å². The third-order valence-corrected chi connectivity index (χ3v) is 4.92. The number of primary amides is 1. The minimum Gasteiger partial charge on any atom is -0.447 e. The summed E-state index contributed by atoms with van der Waals surface area (Å²) < 4.78 is 5.55. The summed E-state index contributed by atoms with van der Waals surface area (Å²) in [5, 5.41) is 0. The molecule has 4 unspecified atom stereocenters. The lowest BCUT2D eigenvalue weighted by Crippen LogP contribution is -2.36. The zero-order valence-corrected chi connectivity index (χ0v) is 14.2. The molecule has 1 aliphatic carbocycles. The molecular formula is C19H27NO3. The van der Waals surface area contributed by atoms with Gasteiger partial charge in [-0.15, -0.1) is 0 Å². The first-order chi connectivity index (χ1) is 10.9. The maximum absolute atomic E-state index is 12.7. The van der Waals surface area contributed by atoms with Crippen LogP contribution in [0.3, 0.4) is 0 Å². The topological polar surface area (TPSA) is 69.4 Å². The van der Waals surface area contributed by atoms with Crippen molar-refractivity contribution >= 4 is 11.9 Å². The monoisotopic (exact) mass is 317 g/mol. The molecule has 1 amide bonds. The van der Waals surface area contributed by atoms with Crippen LogP contribution in [-0.2, 0) is 14.3 Å². The predicted molar refractivity (Wildman–Crippen MR) is 89.3 cm³/mol. The SMILES string of the molecule is CC1CCC(C(C)C)C(C(=O)OC(C(N)=O)c2ccccc2)C1. The first kappa shape index (κ1) is 17.5. The molecule has 1 aromatic rings. The summed E-state index contributed by atoms with van der Waals surface area (Å²) in [6, 6.07) is 8.97. The van der Waals surface area contributed by atoms with E-state index >= 15 is 0 Å². The van der Waals surface area contributed by atoms with E-state index in [1.54, 1.807) is 24.3 Å².